The number of carbonyl (C=O) groups is 1. The lowest BCUT2D eigenvalue weighted by Crippen LogP contribution is -2.22. The van der Waals surface area contributed by atoms with Crippen molar-refractivity contribution in [3.05, 3.63) is 29.3 Å². The predicted molar refractivity (Wildman–Crippen MR) is 100 cm³/mol. The summed E-state index contributed by atoms with van der Waals surface area (Å²) in [5.41, 5.74) is 3.08. The molecule has 2 N–H and O–H groups in total. The Bertz CT molecular complexity index is 690. The molecular formula is C16H22N4O2S2. The summed E-state index contributed by atoms with van der Waals surface area (Å²) >= 11 is 2.84. The number of benzene rings is 1. The van der Waals surface area contributed by atoms with Crippen LogP contribution in [0.1, 0.15) is 18.1 Å². The van der Waals surface area contributed by atoms with Crippen LogP contribution in [0, 0.1) is 13.8 Å². The molecule has 1 unspecified atom stereocenters. The molecule has 2 rings (SSSR count). The normalized spacial score (nSPS) is 12.0. The minimum absolute atomic E-state index is 0.0453. The van der Waals surface area contributed by atoms with Crippen LogP contribution in [0.5, 0.6) is 0 Å². The van der Waals surface area contributed by atoms with Crippen molar-refractivity contribution >= 4 is 39.8 Å². The molecule has 0 aliphatic rings. The summed E-state index contributed by atoms with van der Waals surface area (Å²) in [4.78, 5) is 12.4. The Balaban J connectivity index is 1.89. The van der Waals surface area contributed by atoms with E-state index in [-0.39, 0.29) is 11.2 Å². The van der Waals surface area contributed by atoms with Crippen molar-refractivity contribution in [2.75, 3.05) is 30.9 Å². The van der Waals surface area contributed by atoms with Gasteiger partial charge in [0, 0.05) is 19.3 Å². The summed E-state index contributed by atoms with van der Waals surface area (Å²) in [5.74, 6) is -0.0453. The molecule has 1 atom stereocenters. The van der Waals surface area contributed by atoms with E-state index in [0.29, 0.717) is 13.2 Å². The van der Waals surface area contributed by atoms with Crippen LogP contribution in [0.25, 0.3) is 0 Å². The van der Waals surface area contributed by atoms with Gasteiger partial charge in [0.15, 0.2) is 4.34 Å². The van der Waals surface area contributed by atoms with Crippen LogP contribution >= 0.6 is 23.1 Å². The highest BCUT2D eigenvalue weighted by Gasteiger charge is 2.18. The van der Waals surface area contributed by atoms with Gasteiger partial charge in [-0.15, -0.1) is 10.2 Å². The quantitative estimate of drug-likeness (QED) is 0.551. The van der Waals surface area contributed by atoms with Crippen molar-refractivity contribution in [1.29, 1.82) is 0 Å². The Kier molecular flexibility index (Phi) is 7.01. The van der Waals surface area contributed by atoms with Gasteiger partial charge in [0.05, 0.1) is 11.9 Å². The van der Waals surface area contributed by atoms with Crippen LogP contribution in [0.15, 0.2) is 22.5 Å². The summed E-state index contributed by atoms with van der Waals surface area (Å²) < 4.78 is 5.74. The Labute approximate surface area is 150 Å². The van der Waals surface area contributed by atoms with E-state index in [1.807, 2.05) is 32.9 Å². The third kappa shape index (κ3) is 5.47. The molecule has 0 aliphatic heterocycles. The van der Waals surface area contributed by atoms with E-state index in [4.69, 9.17) is 4.74 Å². The van der Waals surface area contributed by atoms with Crippen LogP contribution in [0.3, 0.4) is 0 Å². The number of nitrogens with zero attached hydrogens (tertiary/aromatic N) is 2. The first kappa shape index (κ1) is 18.7. The molecule has 130 valence electrons. The minimum atomic E-state index is -0.259. The maximum absolute atomic E-state index is 12.4. The number of thioether (sulfide) groups is 1. The van der Waals surface area contributed by atoms with Gasteiger partial charge in [-0.25, -0.2) is 0 Å². The van der Waals surface area contributed by atoms with Crippen molar-refractivity contribution in [3.63, 3.8) is 0 Å². The molecule has 0 aliphatic carbocycles. The van der Waals surface area contributed by atoms with Gasteiger partial charge in [0.25, 0.3) is 0 Å². The standard InChI is InChI=1S/C16H22N4O2S2/c1-10-5-6-13(11(2)9-10)18-14(21)12(3)23-16-20-19-15(24-16)17-7-8-22-4/h5-6,9,12H,7-8H2,1-4H3,(H,17,19)(H,18,21). The fraction of sp³-hybridized carbons (Fsp3) is 0.438. The molecule has 0 radical (unpaired) electrons. The summed E-state index contributed by atoms with van der Waals surface area (Å²) in [6, 6.07) is 5.97. The number of hydrogen-bond donors (Lipinski definition) is 2. The first-order valence-electron chi connectivity index (χ1n) is 7.60. The lowest BCUT2D eigenvalue weighted by atomic mass is 10.1. The van der Waals surface area contributed by atoms with Gasteiger partial charge in [0.1, 0.15) is 0 Å². The Hall–Kier alpha value is -1.64. The number of amides is 1. The van der Waals surface area contributed by atoms with Crippen LogP contribution in [-0.2, 0) is 9.53 Å². The highest BCUT2D eigenvalue weighted by molar-refractivity contribution is 8.02. The Morgan fingerprint density at radius 3 is 2.88 bits per heavy atom. The van der Waals surface area contributed by atoms with Crippen molar-refractivity contribution in [2.24, 2.45) is 0 Å². The summed E-state index contributed by atoms with van der Waals surface area (Å²) in [7, 11) is 1.65. The first-order chi connectivity index (χ1) is 11.5. The smallest absolute Gasteiger partial charge is 0.237 e. The number of aryl methyl sites for hydroxylation is 2. The first-order valence-corrected chi connectivity index (χ1v) is 9.30. The van der Waals surface area contributed by atoms with Gasteiger partial charge in [-0.05, 0) is 32.4 Å². The second-order valence-electron chi connectivity index (χ2n) is 5.36. The fourth-order valence-electron chi connectivity index (χ4n) is 1.98. The second kappa shape index (κ2) is 9.00. The zero-order valence-corrected chi connectivity index (χ0v) is 15.9. The summed E-state index contributed by atoms with van der Waals surface area (Å²) in [6.07, 6.45) is 0. The number of ether oxygens (including phenoxy) is 1. The molecule has 1 heterocycles. The third-order valence-corrected chi connectivity index (χ3v) is 5.34. The number of anilines is 2. The maximum Gasteiger partial charge on any atom is 0.237 e. The van der Waals surface area contributed by atoms with Crippen molar-refractivity contribution in [2.45, 2.75) is 30.4 Å². The number of carbonyl (C=O) groups excluding carboxylic acids is 1. The molecule has 1 amide bonds. The molecule has 0 fully saturated rings. The van der Waals surface area contributed by atoms with E-state index >= 15 is 0 Å². The van der Waals surface area contributed by atoms with Crippen molar-refractivity contribution in [1.82, 2.24) is 10.2 Å². The van der Waals surface area contributed by atoms with Gasteiger partial charge in [-0.3, -0.25) is 4.79 Å². The van der Waals surface area contributed by atoms with Crippen molar-refractivity contribution in [3.8, 4) is 0 Å². The highest BCUT2D eigenvalue weighted by Crippen LogP contribution is 2.29. The molecule has 1 aromatic heterocycles. The van der Waals surface area contributed by atoms with Gasteiger partial charge in [-0.2, -0.15) is 0 Å². The Morgan fingerprint density at radius 1 is 1.38 bits per heavy atom. The molecule has 1 aromatic carbocycles. The van der Waals surface area contributed by atoms with E-state index in [1.54, 1.807) is 7.11 Å². The third-order valence-electron chi connectivity index (χ3n) is 3.28. The molecule has 0 saturated carbocycles. The Morgan fingerprint density at radius 2 is 2.17 bits per heavy atom. The van der Waals surface area contributed by atoms with E-state index in [9.17, 15) is 4.79 Å². The summed E-state index contributed by atoms with van der Waals surface area (Å²) in [6.45, 7) is 7.17. The predicted octanol–water partition coefficient (Wildman–Crippen LogP) is 3.33. The molecule has 24 heavy (non-hydrogen) atoms. The summed E-state index contributed by atoms with van der Waals surface area (Å²) in [5, 5.41) is 14.7. The number of hydrogen-bond acceptors (Lipinski definition) is 7. The minimum Gasteiger partial charge on any atom is -0.383 e. The van der Waals surface area contributed by atoms with Gasteiger partial charge in [0.2, 0.25) is 11.0 Å². The lowest BCUT2D eigenvalue weighted by molar-refractivity contribution is -0.115. The lowest BCUT2D eigenvalue weighted by Gasteiger charge is -2.12. The fourth-order valence-corrected chi connectivity index (χ4v) is 3.90. The average molecular weight is 367 g/mol. The van der Waals surface area contributed by atoms with Crippen LogP contribution in [-0.4, -0.2) is 41.6 Å². The molecule has 0 spiro atoms. The van der Waals surface area contributed by atoms with E-state index in [1.165, 1.54) is 28.7 Å². The number of rotatable bonds is 8. The largest absolute Gasteiger partial charge is 0.383 e. The molecule has 6 nitrogen and oxygen atoms in total. The monoisotopic (exact) mass is 366 g/mol. The molecule has 8 heteroatoms. The average Bonchev–Trinajstić information content (AvgIpc) is 2.97. The van der Waals surface area contributed by atoms with E-state index in [0.717, 1.165) is 20.7 Å². The maximum atomic E-state index is 12.4. The van der Waals surface area contributed by atoms with Gasteiger partial charge in [-0.1, -0.05) is 40.8 Å². The number of methoxy groups -OCH3 is 1. The second-order valence-corrected chi connectivity index (χ2v) is 7.93. The SMILES string of the molecule is COCCNc1nnc(SC(C)C(=O)Nc2ccc(C)cc2C)s1. The van der Waals surface area contributed by atoms with Crippen LogP contribution in [0.4, 0.5) is 10.8 Å². The topological polar surface area (TPSA) is 76.1 Å². The zero-order valence-electron chi connectivity index (χ0n) is 14.3. The van der Waals surface area contributed by atoms with Gasteiger partial charge >= 0.3 is 0 Å². The highest BCUT2D eigenvalue weighted by atomic mass is 32.2. The van der Waals surface area contributed by atoms with Crippen LogP contribution in [0.2, 0.25) is 0 Å². The molecular weight excluding hydrogens is 344 g/mol. The van der Waals surface area contributed by atoms with Gasteiger partial charge < -0.3 is 15.4 Å². The molecule has 0 saturated heterocycles. The molecule has 0 bridgehead atoms. The van der Waals surface area contributed by atoms with E-state index in [2.05, 4.69) is 26.9 Å². The number of nitrogens with one attached hydrogen (secondary N) is 2. The number of aromatic nitrogens is 2. The van der Waals surface area contributed by atoms with E-state index < -0.39 is 0 Å². The van der Waals surface area contributed by atoms with Crippen molar-refractivity contribution < 1.29 is 9.53 Å². The molecule has 2 aromatic rings. The zero-order chi connectivity index (χ0) is 17.5. The van der Waals surface area contributed by atoms with Crippen LogP contribution < -0.4 is 10.6 Å².